The molecule has 3 nitrogen and oxygen atoms in total. The van der Waals surface area contributed by atoms with Gasteiger partial charge in [-0.25, -0.2) is 13.6 Å². The van der Waals surface area contributed by atoms with Crippen LogP contribution in [-0.4, -0.2) is 19.1 Å². The molecule has 0 aliphatic rings. The maximum atomic E-state index is 13.5. The quantitative estimate of drug-likeness (QED) is 0.783. The van der Waals surface area contributed by atoms with E-state index in [1.807, 2.05) is 0 Å². The number of nitrogens with one attached hydrogen (secondary N) is 2. The van der Waals surface area contributed by atoms with E-state index in [0.29, 0.717) is 31.5 Å². The number of rotatable bonds is 6. The summed E-state index contributed by atoms with van der Waals surface area (Å²) in [6.07, 6.45) is 0.952. The Morgan fingerprint density at radius 1 is 1.00 bits per heavy atom. The summed E-state index contributed by atoms with van der Waals surface area (Å²) in [4.78, 5) is 11.6. The lowest BCUT2D eigenvalue weighted by Crippen LogP contribution is -2.37. The molecule has 0 bridgehead atoms. The number of carbonyl (C=O) groups excluding carboxylic acids is 1. The Kier molecular flexibility index (Phi) is 6.52. The van der Waals surface area contributed by atoms with E-state index in [0.717, 1.165) is 10.0 Å². The number of hydrogen-bond donors (Lipinski definition) is 2. The van der Waals surface area contributed by atoms with Gasteiger partial charge in [-0.05, 0) is 54.3 Å². The van der Waals surface area contributed by atoms with Gasteiger partial charge in [0.05, 0.1) is 0 Å². The third kappa shape index (κ3) is 5.98. The van der Waals surface area contributed by atoms with Crippen molar-refractivity contribution in [2.75, 3.05) is 13.1 Å². The van der Waals surface area contributed by atoms with Crippen molar-refractivity contribution < 1.29 is 13.6 Å². The average Bonchev–Trinajstić information content (AvgIpc) is 2.51. The molecule has 0 aliphatic heterocycles. The summed E-state index contributed by atoms with van der Waals surface area (Å²) in [5.74, 6) is -0.579. The van der Waals surface area contributed by atoms with Gasteiger partial charge < -0.3 is 10.6 Å². The third-order valence-electron chi connectivity index (χ3n) is 3.28. The molecule has 2 N–H and O–H groups in total. The van der Waals surface area contributed by atoms with Crippen molar-refractivity contribution in [3.05, 3.63) is 69.7 Å². The van der Waals surface area contributed by atoms with Crippen LogP contribution in [0.5, 0.6) is 0 Å². The predicted octanol–water partition coefficient (Wildman–Crippen LogP) is 3.81. The van der Waals surface area contributed by atoms with Crippen LogP contribution in [0.1, 0.15) is 11.1 Å². The van der Waals surface area contributed by atoms with E-state index in [4.69, 9.17) is 0 Å². The normalized spacial score (nSPS) is 10.4. The molecule has 23 heavy (non-hydrogen) atoms. The molecule has 0 atom stereocenters. The average molecular weight is 383 g/mol. The molecular weight excluding hydrogens is 366 g/mol. The number of amides is 2. The summed E-state index contributed by atoms with van der Waals surface area (Å²) in [6.45, 7) is 0.736. The number of urea groups is 1. The van der Waals surface area contributed by atoms with Crippen molar-refractivity contribution in [2.24, 2.45) is 0 Å². The van der Waals surface area contributed by atoms with Crippen molar-refractivity contribution in [2.45, 2.75) is 12.8 Å². The van der Waals surface area contributed by atoms with Crippen LogP contribution in [0.25, 0.3) is 0 Å². The molecule has 0 heterocycles. The van der Waals surface area contributed by atoms with Gasteiger partial charge in [0, 0.05) is 17.6 Å². The second kappa shape index (κ2) is 8.62. The fraction of sp³-hybridized carbons (Fsp3) is 0.235. The largest absolute Gasteiger partial charge is 0.338 e. The van der Waals surface area contributed by atoms with E-state index in [2.05, 4.69) is 26.6 Å². The first-order chi connectivity index (χ1) is 11.0. The Labute approximate surface area is 142 Å². The maximum Gasteiger partial charge on any atom is 0.314 e. The molecule has 0 unspecified atom stereocenters. The molecule has 0 saturated carbocycles. The Morgan fingerprint density at radius 3 is 2.48 bits per heavy atom. The van der Waals surface area contributed by atoms with Gasteiger partial charge in [-0.1, -0.05) is 28.1 Å². The van der Waals surface area contributed by atoms with Crippen LogP contribution in [0.3, 0.4) is 0 Å². The summed E-state index contributed by atoms with van der Waals surface area (Å²) in [5, 5.41) is 5.36. The molecule has 6 heteroatoms. The Balaban J connectivity index is 1.68. The van der Waals surface area contributed by atoms with Gasteiger partial charge in [-0.15, -0.1) is 0 Å². The number of halogens is 3. The molecule has 122 valence electrons. The zero-order valence-electron chi connectivity index (χ0n) is 12.4. The van der Waals surface area contributed by atoms with Gasteiger partial charge in [0.2, 0.25) is 0 Å². The van der Waals surface area contributed by atoms with Gasteiger partial charge in [0.15, 0.2) is 0 Å². The molecule has 0 fully saturated rings. The fourth-order valence-electron chi connectivity index (χ4n) is 2.12. The summed E-state index contributed by atoms with van der Waals surface area (Å²) >= 11 is 3.29. The molecular formula is C17H17BrF2N2O. The van der Waals surface area contributed by atoms with Gasteiger partial charge in [0.25, 0.3) is 0 Å². The van der Waals surface area contributed by atoms with E-state index in [1.165, 1.54) is 18.2 Å². The Hall–Kier alpha value is -1.95. The highest BCUT2D eigenvalue weighted by molar-refractivity contribution is 9.10. The minimum atomic E-state index is -0.322. The minimum Gasteiger partial charge on any atom is -0.338 e. The monoisotopic (exact) mass is 382 g/mol. The van der Waals surface area contributed by atoms with E-state index in [-0.39, 0.29) is 17.7 Å². The van der Waals surface area contributed by atoms with Gasteiger partial charge >= 0.3 is 6.03 Å². The highest BCUT2D eigenvalue weighted by atomic mass is 79.9. The van der Waals surface area contributed by atoms with Crippen LogP contribution >= 0.6 is 15.9 Å². The fourth-order valence-corrected chi connectivity index (χ4v) is 2.53. The highest BCUT2D eigenvalue weighted by Crippen LogP contribution is 2.15. The van der Waals surface area contributed by atoms with Crippen molar-refractivity contribution in [1.29, 1.82) is 0 Å². The second-order valence-electron chi connectivity index (χ2n) is 5.05. The molecule has 0 saturated heterocycles. The third-order valence-corrected chi connectivity index (χ3v) is 3.77. The molecule has 2 aromatic rings. The molecule has 2 amide bonds. The minimum absolute atomic E-state index is 0.289. The van der Waals surface area contributed by atoms with Crippen LogP contribution in [-0.2, 0) is 12.8 Å². The summed E-state index contributed by atoms with van der Waals surface area (Å²) in [6, 6.07) is 10.6. The first kappa shape index (κ1) is 17.4. The van der Waals surface area contributed by atoms with Crippen LogP contribution in [0, 0.1) is 11.6 Å². The van der Waals surface area contributed by atoms with Crippen LogP contribution in [0.15, 0.2) is 46.9 Å². The van der Waals surface area contributed by atoms with Gasteiger partial charge in [-0.3, -0.25) is 0 Å². The first-order valence-corrected chi connectivity index (χ1v) is 8.04. The molecule has 0 spiro atoms. The SMILES string of the molecule is O=C(NCCc1cccc(F)c1)NCCc1cc(Br)ccc1F. The van der Waals surface area contributed by atoms with Crippen molar-refractivity contribution in [1.82, 2.24) is 10.6 Å². The number of benzene rings is 2. The molecule has 0 aliphatic carbocycles. The molecule has 0 aromatic heterocycles. The maximum absolute atomic E-state index is 13.5. The number of hydrogen-bond acceptors (Lipinski definition) is 1. The van der Waals surface area contributed by atoms with Crippen molar-refractivity contribution in [3.8, 4) is 0 Å². The van der Waals surface area contributed by atoms with E-state index >= 15 is 0 Å². The Bertz CT molecular complexity index is 679. The number of carbonyl (C=O) groups is 1. The summed E-state index contributed by atoms with van der Waals surface area (Å²) in [5.41, 5.74) is 1.36. The smallest absolute Gasteiger partial charge is 0.314 e. The van der Waals surface area contributed by atoms with Crippen LogP contribution < -0.4 is 10.6 Å². The lowest BCUT2D eigenvalue weighted by molar-refractivity contribution is 0.241. The predicted molar refractivity (Wildman–Crippen MR) is 89.3 cm³/mol. The molecule has 0 radical (unpaired) electrons. The standard InChI is InChI=1S/C17H17BrF2N2O/c18-14-4-5-16(20)13(11-14)7-9-22-17(23)21-8-6-12-2-1-3-15(19)10-12/h1-5,10-11H,6-9H2,(H2,21,22,23). The summed E-state index contributed by atoms with van der Waals surface area (Å²) < 4.78 is 27.3. The van der Waals surface area contributed by atoms with E-state index < -0.39 is 0 Å². The summed E-state index contributed by atoms with van der Waals surface area (Å²) in [7, 11) is 0. The lowest BCUT2D eigenvalue weighted by Gasteiger charge is -2.08. The van der Waals surface area contributed by atoms with Crippen LogP contribution in [0.2, 0.25) is 0 Å². The van der Waals surface area contributed by atoms with E-state index in [9.17, 15) is 13.6 Å². The molecule has 2 aromatic carbocycles. The van der Waals surface area contributed by atoms with E-state index in [1.54, 1.807) is 24.3 Å². The molecule has 2 rings (SSSR count). The topological polar surface area (TPSA) is 41.1 Å². The van der Waals surface area contributed by atoms with Gasteiger partial charge in [0.1, 0.15) is 11.6 Å². The first-order valence-electron chi connectivity index (χ1n) is 7.24. The van der Waals surface area contributed by atoms with Crippen molar-refractivity contribution >= 4 is 22.0 Å². The zero-order valence-corrected chi connectivity index (χ0v) is 14.0. The van der Waals surface area contributed by atoms with Gasteiger partial charge in [-0.2, -0.15) is 0 Å². The lowest BCUT2D eigenvalue weighted by atomic mass is 10.1. The second-order valence-corrected chi connectivity index (χ2v) is 5.96. The Morgan fingerprint density at radius 2 is 1.74 bits per heavy atom. The van der Waals surface area contributed by atoms with Crippen molar-refractivity contribution in [3.63, 3.8) is 0 Å². The highest BCUT2D eigenvalue weighted by Gasteiger charge is 2.04. The zero-order chi connectivity index (χ0) is 16.7. The van der Waals surface area contributed by atoms with Crippen LogP contribution in [0.4, 0.5) is 13.6 Å².